The Morgan fingerprint density at radius 2 is 1.75 bits per heavy atom. The summed E-state index contributed by atoms with van der Waals surface area (Å²) in [6, 6.07) is 13.5. The highest BCUT2D eigenvalue weighted by Crippen LogP contribution is 2.39. The van der Waals surface area contributed by atoms with Crippen LogP contribution in [0.1, 0.15) is 29.2 Å². The summed E-state index contributed by atoms with van der Waals surface area (Å²) in [4.78, 5) is 27.0. The Morgan fingerprint density at radius 1 is 1.11 bits per heavy atom. The van der Waals surface area contributed by atoms with Gasteiger partial charge in [-0.2, -0.15) is 0 Å². The summed E-state index contributed by atoms with van der Waals surface area (Å²) in [5.41, 5.74) is 2.34. The van der Waals surface area contributed by atoms with Crippen molar-refractivity contribution in [3.63, 3.8) is 0 Å². The highest BCUT2D eigenvalue weighted by molar-refractivity contribution is 6.46. The van der Waals surface area contributed by atoms with Gasteiger partial charge in [0.15, 0.2) is 0 Å². The largest absolute Gasteiger partial charge is 0.507 e. The van der Waals surface area contributed by atoms with Crippen molar-refractivity contribution in [3.8, 4) is 0 Å². The number of hydrogen-bond donors (Lipinski definition) is 1. The Hall–Kier alpha value is -2.63. The number of benzene rings is 2. The number of rotatable bonds is 6. The molecule has 2 aromatic carbocycles. The molecule has 146 valence electrons. The lowest BCUT2D eigenvalue weighted by Gasteiger charge is -2.25. The molecule has 1 aliphatic heterocycles. The Labute approximate surface area is 169 Å². The van der Waals surface area contributed by atoms with Gasteiger partial charge in [0.05, 0.1) is 11.6 Å². The number of halogens is 1. The molecule has 1 aliphatic rings. The standard InChI is InChI=1S/C22H22ClNO4/c1-14-4-6-16(7-5-14)20(25)18-19(15-8-10-17(23)11-9-15)24(12-3-13-28-2)22(27)21(18)26/h4-11,19,25H,3,12-13H2,1-2H3/b20-18-. The number of amides is 1. The van der Waals surface area contributed by atoms with Gasteiger partial charge in [-0.3, -0.25) is 9.59 Å². The fourth-order valence-corrected chi connectivity index (χ4v) is 3.47. The topological polar surface area (TPSA) is 66.8 Å². The molecular weight excluding hydrogens is 378 g/mol. The van der Waals surface area contributed by atoms with Crippen LogP contribution in [-0.2, 0) is 14.3 Å². The molecule has 0 bridgehead atoms. The molecule has 1 heterocycles. The van der Waals surface area contributed by atoms with Crippen molar-refractivity contribution in [2.45, 2.75) is 19.4 Å². The first-order valence-corrected chi connectivity index (χ1v) is 9.41. The fourth-order valence-electron chi connectivity index (χ4n) is 3.35. The van der Waals surface area contributed by atoms with E-state index < -0.39 is 17.7 Å². The molecule has 1 atom stereocenters. The van der Waals surface area contributed by atoms with Crippen LogP contribution in [-0.4, -0.2) is 42.0 Å². The van der Waals surface area contributed by atoms with Gasteiger partial charge < -0.3 is 14.7 Å². The third-order valence-corrected chi connectivity index (χ3v) is 5.05. The lowest BCUT2D eigenvalue weighted by molar-refractivity contribution is -0.140. The minimum atomic E-state index is -0.685. The maximum absolute atomic E-state index is 12.8. The molecule has 1 N–H and O–H groups in total. The number of likely N-dealkylation sites (tertiary alicyclic amines) is 1. The molecule has 6 heteroatoms. The van der Waals surface area contributed by atoms with E-state index in [2.05, 4.69) is 0 Å². The van der Waals surface area contributed by atoms with Gasteiger partial charge in [0, 0.05) is 30.8 Å². The van der Waals surface area contributed by atoms with E-state index in [-0.39, 0.29) is 11.3 Å². The number of ketones is 1. The molecule has 1 unspecified atom stereocenters. The summed E-state index contributed by atoms with van der Waals surface area (Å²) in [7, 11) is 1.59. The Morgan fingerprint density at radius 3 is 2.36 bits per heavy atom. The summed E-state index contributed by atoms with van der Waals surface area (Å²) in [5, 5.41) is 11.5. The number of carbonyl (C=O) groups is 2. The van der Waals surface area contributed by atoms with E-state index in [9.17, 15) is 14.7 Å². The van der Waals surface area contributed by atoms with Gasteiger partial charge in [-0.25, -0.2) is 0 Å². The van der Waals surface area contributed by atoms with Crippen LogP contribution in [0.4, 0.5) is 0 Å². The Kier molecular flexibility index (Phi) is 6.17. The zero-order chi connectivity index (χ0) is 20.3. The van der Waals surface area contributed by atoms with Gasteiger partial charge in [-0.05, 0) is 31.0 Å². The van der Waals surface area contributed by atoms with Crippen LogP contribution < -0.4 is 0 Å². The average molecular weight is 400 g/mol. The molecule has 0 radical (unpaired) electrons. The second-order valence-electron chi connectivity index (χ2n) is 6.76. The minimum Gasteiger partial charge on any atom is -0.507 e. The number of carbonyl (C=O) groups excluding carboxylic acids is 2. The molecule has 3 rings (SSSR count). The first-order valence-electron chi connectivity index (χ1n) is 9.04. The van der Waals surface area contributed by atoms with Gasteiger partial charge >= 0.3 is 0 Å². The fraction of sp³-hybridized carbons (Fsp3) is 0.273. The van der Waals surface area contributed by atoms with Crippen LogP contribution in [0.5, 0.6) is 0 Å². The quantitative estimate of drug-likeness (QED) is 0.343. The van der Waals surface area contributed by atoms with E-state index in [1.165, 1.54) is 4.90 Å². The number of Topliss-reactive ketones (excluding diaryl/α,β-unsaturated/α-hetero) is 1. The van der Waals surface area contributed by atoms with Crippen molar-refractivity contribution in [1.82, 2.24) is 4.90 Å². The number of aliphatic hydroxyl groups excluding tert-OH is 1. The number of ether oxygens (including phenoxy) is 1. The summed E-state index contributed by atoms with van der Waals surface area (Å²) in [6.07, 6.45) is 0.582. The van der Waals surface area contributed by atoms with Crippen molar-refractivity contribution in [2.24, 2.45) is 0 Å². The third-order valence-electron chi connectivity index (χ3n) is 4.80. The molecule has 1 amide bonds. The van der Waals surface area contributed by atoms with E-state index in [4.69, 9.17) is 16.3 Å². The molecule has 0 aliphatic carbocycles. The molecule has 0 spiro atoms. The van der Waals surface area contributed by atoms with E-state index >= 15 is 0 Å². The predicted octanol–water partition coefficient (Wildman–Crippen LogP) is 4.11. The SMILES string of the molecule is COCCCN1C(=O)C(=O)/C(=C(\O)c2ccc(C)cc2)C1c1ccc(Cl)cc1. The second-order valence-corrected chi connectivity index (χ2v) is 7.19. The molecule has 0 saturated carbocycles. The third kappa shape index (κ3) is 3.96. The summed E-state index contributed by atoms with van der Waals surface area (Å²) >= 11 is 6.00. The lowest BCUT2D eigenvalue weighted by atomic mass is 9.95. The highest BCUT2D eigenvalue weighted by Gasteiger charge is 2.45. The van der Waals surface area contributed by atoms with Crippen LogP contribution >= 0.6 is 11.6 Å². The van der Waals surface area contributed by atoms with Crippen molar-refractivity contribution in [1.29, 1.82) is 0 Å². The van der Waals surface area contributed by atoms with Gasteiger partial charge in [0.25, 0.3) is 11.7 Å². The molecule has 1 fully saturated rings. The molecular formula is C22H22ClNO4. The van der Waals surface area contributed by atoms with E-state index in [1.807, 2.05) is 19.1 Å². The second kappa shape index (κ2) is 8.59. The van der Waals surface area contributed by atoms with Crippen LogP contribution in [0.25, 0.3) is 5.76 Å². The molecule has 2 aromatic rings. The van der Waals surface area contributed by atoms with Crippen LogP contribution in [0, 0.1) is 6.92 Å². The zero-order valence-electron chi connectivity index (χ0n) is 15.8. The molecule has 0 aromatic heterocycles. The van der Waals surface area contributed by atoms with Gasteiger partial charge in [-0.1, -0.05) is 53.6 Å². The molecule has 1 saturated heterocycles. The van der Waals surface area contributed by atoms with Gasteiger partial charge in [0.1, 0.15) is 5.76 Å². The van der Waals surface area contributed by atoms with E-state index in [0.717, 1.165) is 11.1 Å². The maximum atomic E-state index is 12.8. The number of aryl methyl sites for hydroxylation is 1. The van der Waals surface area contributed by atoms with Crippen LogP contribution in [0.3, 0.4) is 0 Å². The predicted molar refractivity (Wildman–Crippen MR) is 108 cm³/mol. The number of aliphatic hydroxyl groups is 1. The lowest BCUT2D eigenvalue weighted by Crippen LogP contribution is -2.31. The number of hydrogen-bond acceptors (Lipinski definition) is 4. The van der Waals surface area contributed by atoms with E-state index in [0.29, 0.717) is 30.2 Å². The summed E-state index contributed by atoms with van der Waals surface area (Å²) in [5.74, 6) is -1.48. The first kappa shape index (κ1) is 20.1. The van der Waals surface area contributed by atoms with E-state index in [1.54, 1.807) is 43.5 Å². The Balaban J connectivity index is 2.10. The van der Waals surface area contributed by atoms with Crippen LogP contribution in [0.15, 0.2) is 54.1 Å². The van der Waals surface area contributed by atoms with Crippen molar-refractivity contribution in [2.75, 3.05) is 20.3 Å². The molecule has 5 nitrogen and oxygen atoms in total. The smallest absolute Gasteiger partial charge is 0.295 e. The Bertz CT molecular complexity index is 903. The maximum Gasteiger partial charge on any atom is 0.295 e. The van der Waals surface area contributed by atoms with Crippen molar-refractivity contribution < 1.29 is 19.4 Å². The monoisotopic (exact) mass is 399 g/mol. The highest BCUT2D eigenvalue weighted by atomic mass is 35.5. The van der Waals surface area contributed by atoms with Crippen LogP contribution in [0.2, 0.25) is 5.02 Å². The average Bonchev–Trinajstić information content (AvgIpc) is 2.94. The van der Waals surface area contributed by atoms with Crippen molar-refractivity contribution >= 4 is 29.1 Å². The van der Waals surface area contributed by atoms with Crippen molar-refractivity contribution in [3.05, 3.63) is 75.8 Å². The minimum absolute atomic E-state index is 0.0913. The summed E-state index contributed by atoms with van der Waals surface area (Å²) < 4.78 is 5.07. The normalized spacial score (nSPS) is 18.7. The molecule has 28 heavy (non-hydrogen) atoms. The van der Waals surface area contributed by atoms with Gasteiger partial charge in [-0.15, -0.1) is 0 Å². The van der Waals surface area contributed by atoms with Gasteiger partial charge in [0.2, 0.25) is 0 Å². The number of nitrogens with zero attached hydrogens (tertiary/aromatic N) is 1. The summed E-state index contributed by atoms with van der Waals surface area (Å²) in [6.45, 7) is 2.75. The number of methoxy groups -OCH3 is 1. The zero-order valence-corrected chi connectivity index (χ0v) is 16.6. The first-order chi connectivity index (χ1) is 13.4.